The SMILES string of the molecule is CCN1CCN(Cc2ccc(-c3csc4cnc(Nc5ccc(N6CCOCC6)nc5)nc34)cc2)CC1. The van der Waals surface area contributed by atoms with Crippen LogP contribution in [0.2, 0.25) is 0 Å². The maximum absolute atomic E-state index is 5.44. The van der Waals surface area contributed by atoms with Crippen LogP contribution in [0, 0.1) is 0 Å². The van der Waals surface area contributed by atoms with Crippen LogP contribution in [0.4, 0.5) is 17.5 Å². The summed E-state index contributed by atoms with van der Waals surface area (Å²) in [6.07, 6.45) is 3.74. The molecule has 9 heteroatoms. The molecule has 8 nitrogen and oxygen atoms in total. The van der Waals surface area contributed by atoms with Crippen LogP contribution in [0.15, 0.2) is 54.2 Å². The molecule has 0 saturated carbocycles. The van der Waals surface area contributed by atoms with Crippen molar-refractivity contribution in [2.75, 3.05) is 69.2 Å². The van der Waals surface area contributed by atoms with E-state index in [0.29, 0.717) is 5.95 Å². The molecule has 0 unspecified atom stereocenters. The van der Waals surface area contributed by atoms with Crippen molar-refractivity contribution < 1.29 is 4.74 Å². The molecule has 0 radical (unpaired) electrons. The molecule has 0 bridgehead atoms. The van der Waals surface area contributed by atoms with Gasteiger partial charge in [-0.1, -0.05) is 31.2 Å². The summed E-state index contributed by atoms with van der Waals surface area (Å²) >= 11 is 1.68. The predicted molar refractivity (Wildman–Crippen MR) is 151 cm³/mol. The van der Waals surface area contributed by atoms with E-state index in [1.165, 1.54) is 24.2 Å². The van der Waals surface area contributed by atoms with Crippen molar-refractivity contribution >= 4 is 39.0 Å². The second-order valence-electron chi connectivity index (χ2n) is 9.59. The molecule has 4 aromatic rings. The van der Waals surface area contributed by atoms with Crippen LogP contribution in [0.1, 0.15) is 12.5 Å². The van der Waals surface area contributed by atoms with Gasteiger partial charge >= 0.3 is 0 Å². The Bertz CT molecular complexity index is 1310. The Kier molecular flexibility index (Phi) is 7.27. The lowest BCUT2D eigenvalue weighted by atomic mass is 10.1. The number of aromatic nitrogens is 3. The van der Waals surface area contributed by atoms with Gasteiger partial charge in [0.05, 0.1) is 41.5 Å². The van der Waals surface area contributed by atoms with E-state index in [2.05, 4.69) is 66.6 Å². The van der Waals surface area contributed by atoms with E-state index in [4.69, 9.17) is 9.72 Å². The monoisotopic (exact) mass is 515 g/mol. The second kappa shape index (κ2) is 11.1. The highest BCUT2D eigenvalue weighted by Gasteiger charge is 2.16. The lowest BCUT2D eigenvalue weighted by Gasteiger charge is -2.34. The van der Waals surface area contributed by atoms with Crippen molar-refractivity contribution in [3.63, 3.8) is 0 Å². The van der Waals surface area contributed by atoms with Crippen LogP contribution < -0.4 is 10.2 Å². The molecule has 2 aliphatic rings. The number of thiophene rings is 1. The molecule has 37 heavy (non-hydrogen) atoms. The van der Waals surface area contributed by atoms with Crippen molar-refractivity contribution in [1.82, 2.24) is 24.8 Å². The van der Waals surface area contributed by atoms with Crippen molar-refractivity contribution in [2.24, 2.45) is 0 Å². The third-order valence-corrected chi connectivity index (χ3v) is 8.14. The number of hydrogen-bond acceptors (Lipinski definition) is 9. The average Bonchev–Trinajstić information content (AvgIpc) is 3.38. The zero-order valence-corrected chi connectivity index (χ0v) is 22.1. The van der Waals surface area contributed by atoms with Crippen LogP contribution in [0.25, 0.3) is 21.3 Å². The first-order chi connectivity index (χ1) is 18.2. The molecule has 2 saturated heterocycles. The van der Waals surface area contributed by atoms with Gasteiger partial charge in [-0.25, -0.2) is 15.0 Å². The largest absolute Gasteiger partial charge is 0.378 e. The quantitative estimate of drug-likeness (QED) is 0.387. The fraction of sp³-hybridized carbons (Fsp3) is 0.393. The minimum Gasteiger partial charge on any atom is -0.378 e. The molecule has 1 aromatic carbocycles. The Labute approximate surface area is 221 Å². The Balaban J connectivity index is 1.14. The zero-order chi connectivity index (χ0) is 25.0. The Hall–Kier alpha value is -3.11. The van der Waals surface area contributed by atoms with Gasteiger partial charge < -0.3 is 19.9 Å². The van der Waals surface area contributed by atoms with Crippen LogP contribution >= 0.6 is 11.3 Å². The molecule has 192 valence electrons. The molecule has 2 aliphatic heterocycles. The van der Waals surface area contributed by atoms with Crippen LogP contribution in [-0.4, -0.2) is 83.8 Å². The molecule has 1 N–H and O–H groups in total. The van der Waals surface area contributed by atoms with Crippen LogP contribution in [0.5, 0.6) is 0 Å². The Morgan fingerprint density at radius 2 is 1.68 bits per heavy atom. The number of rotatable bonds is 7. The molecule has 2 fully saturated rings. The number of hydrogen-bond donors (Lipinski definition) is 1. The summed E-state index contributed by atoms with van der Waals surface area (Å²) in [6, 6.07) is 13.0. The summed E-state index contributed by atoms with van der Waals surface area (Å²) in [5, 5.41) is 5.51. The van der Waals surface area contributed by atoms with Crippen molar-refractivity contribution in [1.29, 1.82) is 0 Å². The summed E-state index contributed by atoms with van der Waals surface area (Å²) in [6.45, 7) is 12.3. The minimum absolute atomic E-state index is 0.580. The zero-order valence-electron chi connectivity index (χ0n) is 21.3. The van der Waals surface area contributed by atoms with Crippen molar-refractivity contribution in [3.05, 3.63) is 59.7 Å². The fourth-order valence-electron chi connectivity index (χ4n) is 4.97. The molecule has 0 aliphatic carbocycles. The number of fused-ring (bicyclic) bond motifs is 1. The first kappa shape index (κ1) is 24.2. The molecule has 0 atom stereocenters. The standard InChI is InChI=1S/C28H33N7OS/c1-2-33-9-11-34(12-10-33)19-21-3-5-22(6-4-21)24-20-37-25-18-30-28(32-27(24)25)31-23-7-8-26(29-17-23)35-13-15-36-16-14-35/h3-8,17-18,20H,2,9-16,19H2,1H3,(H,30,31,32). The summed E-state index contributed by atoms with van der Waals surface area (Å²) in [4.78, 5) is 21.3. The molecule has 5 heterocycles. The third kappa shape index (κ3) is 5.60. The highest BCUT2D eigenvalue weighted by Crippen LogP contribution is 2.33. The molecule has 3 aromatic heterocycles. The summed E-state index contributed by atoms with van der Waals surface area (Å²) in [7, 11) is 0. The van der Waals surface area contributed by atoms with E-state index < -0.39 is 0 Å². The lowest BCUT2D eigenvalue weighted by molar-refractivity contribution is 0.122. The molecule has 0 amide bonds. The highest BCUT2D eigenvalue weighted by molar-refractivity contribution is 7.17. The van der Waals surface area contributed by atoms with Gasteiger partial charge in [0.25, 0.3) is 0 Å². The van der Waals surface area contributed by atoms with Gasteiger partial charge in [-0.2, -0.15) is 0 Å². The van der Waals surface area contributed by atoms with Gasteiger partial charge in [-0.05, 0) is 29.8 Å². The van der Waals surface area contributed by atoms with E-state index >= 15 is 0 Å². The second-order valence-corrected chi connectivity index (χ2v) is 10.5. The van der Waals surface area contributed by atoms with E-state index in [1.807, 2.05) is 24.5 Å². The van der Waals surface area contributed by atoms with Gasteiger partial charge in [0, 0.05) is 56.8 Å². The lowest BCUT2D eigenvalue weighted by Crippen LogP contribution is -2.45. The minimum atomic E-state index is 0.580. The number of nitrogens with one attached hydrogen (secondary N) is 1. The molecule has 6 rings (SSSR count). The summed E-state index contributed by atoms with van der Waals surface area (Å²) < 4.78 is 6.52. The number of nitrogens with zero attached hydrogens (tertiary/aromatic N) is 6. The fourth-order valence-corrected chi connectivity index (χ4v) is 5.85. The normalized spacial score (nSPS) is 17.4. The predicted octanol–water partition coefficient (Wildman–Crippen LogP) is 4.47. The Morgan fingerprint density at radius 1 is 0.892 bits per heavy atom. The van der Waals surface area contributed by atoms with E-state index in [-0.39, 0.29) is 0 Å². The molecule has 0 spiro atoms. The smallest absolute Gasteiger partial charge is 0.227 e. The van der Waals surface area contributed by atoms with Crippen molar-refractivity contribution in [3.8, 4) is 11.1 Å². The van der Waals surface area contributed by atoms with Crippen molar-refractivity contribution in [2.45, 2.75) is 13.5 Å². The van der Waals surface area contributed by atoms with Gasteiger partial charge in [-0.15, -0.1) is 11.3 Å². The maximum Gasteiger partial charge on any atom is 0.227 e. The van der Waals surface area contributed by atoms with E-state index in [1.54, 1.807) is 11.3 Å². The number of anilines is 3. The van der Waals surface area contributed by atoms with Crippen LogP contribution in [-0.2, 0) is 11.3 Å². The molecular formula is C28H33N7OS. The highest BCUT2D eigenvalue weighted by atomic mass is 32.1. The number of morpholine rings is 1. The average molecular weight is 516 g/mol. The first-order valence-electron chi connectivity index (χ1n) is 13.1. The topological polar surface area (TPSA) is 69.7 Å². The van der Waals surface area contributed by atoms with E-state index in [0.717, 1.165) is 79.8 Å². The number of piperazine rings is 1. The van der Waals surface area contributed by atoms with Gasteiger partial charge in [0.1, 0.15) is 5.82 Å². The summed E-state index contributed by atoms with van der Waals surface area (Å²) in [5.74, 6) is 1.55. The third-order valence-electron chi connectivity index (χ3n) is 7.24. The number of benzene rings is 1. The van der Waals surface area contributed by atoms with Gasteiger partial charge in [0.2, 0.25) is 5.95 Å². The number of likely N-dealkylation sites (N-methyl/N-ethyl adjacent to an activating group) is 1. The number of pyridine rings is 1. The van der Waals surface area contributed by atoms with E-state index in [9.17, 15) is 0 Å². The maximum atomic E-state index is 5.44. The van der Waals surface area contributed by atoms with Gasteiger partial charge in [0.15, 0.2) is 0 Å². The summed E-state index contributed by atoms with van der Waals surface area (Å²) in [5.41, 5.74) is 5.54. The van der Waals surface area contributed by atoms with Gasteiger partial charge in [-0.3, -0.25) is 4.90 Å². The molecular weight excluding hydrogens is 482 g/mol. The number of ether oxygens (including phenoxy) is 1. The van der Waals surface area contributed by atoms with Crippen LogP contribution in [0.3, 0.4) is 0 Å². The Morgan fingerprint density at radius 3 is 2.41 bits per heavy atom. The first-order valence-corrected chi connectivity index (χ1v) is 14.0.